The Balaban J connectivity index is 2.37. The molecular formula is C14H12FNO4S. The molecule has 0 spiro atoms. The van der Waals surface area contributed by atoms with Gasteiger partial charge in [-0.15, -0.1) is 0 Å². The molecule has 0 saturated heterocycles. The summed E-state index contributed by atoms with van der Waals surface area (Å²) >= 11 is 0. The molecule has 2 aromatic rings. The van der Waals surface area contributed by atoms with Gasteiger partial charge in [0.25, 0.3) is 0 Å². The van der Waals surface area contributed by atoms with Crippen molar-refractivity contribution in [3.8, 4) is 0 Å². The highest BCUT2D eigenvalue weighted by molar-refractivity contribution is 7.90. The van der Waals surface area contributed by atoms with Crippen molar-refractivity contribution < 1.29 is 22.7 Å². The van der Waals surface area contributed by atoms with E-state index in [2.05, 4.69) is 5.32 Å². The Kier molecular flexibility index (Phi) is 3.95. The Hall–Kier alpha value is -2.41. The fourth-order valence-electron chi connectivity index (χ4n) is 1.76. The minimum atomic E-state index is -3.32. The van der Waals surface area contributed by atoms with E-state index in [1.54, 1.807) is 0 Å². The van der Waals surface area contributed by atoms with Crippen molar-refractivity contribution in [3.63, 3.8) is 0 Å². The van der Waals surface area contributed by atoms with Crippen molar-refractivity contribution in [1.29, 1.82) is 0 Å². The maximum atomic E-state index is 13.7. The lowest BCUT2D eigenvalue weighted by Gasteiger charge is -2.11. The molecule has 0 bridgehead atoms. The third kappa shape index (κ3) is 3.38. The first-order chi connectivity index (χ1) is 9.79. The van der Waals surface area contributed by atoms with Gasteiger partial charge in [0.1, 0.15) is 5.82 Å². The third-order valence-electron chi connectivity index (χ3n) is 2.80. The third-order valence-corrected chi connectivity index (χ3v) is 3.92. The van der Waals surface area contributed by atoms with Crippen LogP contribution in [-0.4, -0.2) is 25.7 Å². The molecule has 0 unspecified atom stereocenters. The average molecular weight is 309 g/mol. The molecule has 0 aliphatic rings. The largest absolute Gasteiger partial charge is 0.478 e. The molecule has 2 N–H and O–H groups in total. The second-order valence-corrected chi connectivity index (χ2v) is 6.40. The maximum absolute atomic E-state index is 13.7. The molecule has 0 amide bonds. The molecule has 0 aliphatic carbocycles. The van der Waals surface area contributed by atoms with Crippen molar-refractivity contribution in [2.24, 2.45) is 0 Å². The van der Waals surface area contributed by atoms with Crippen LogP contribution in [0.1, 0.15) is 10.4 Å². The number of rotatable bonds is 4. The molecule has 0 saturated carbocycles. The predicted molar refractivity (Wildman–Crippen MR) is 76.2 cm³/mol. The van der Waals surface area contributed by atoms with Crippen molar-refractivity contribution in [2.75, 3.05) is 11.6 Å². The van der Waals surface area contributed by atoms with Crippen LogP contribution < -0.4 is 5.32 Å². The summed E-state index contributed by atoms with van der Waals surface area (Å²) < 4.78 is 36.4. The molecule has 2 rings (SSSR count). The SMILES string of the molecule is CS(=O)(=O)c1ccc(Nc2c(F)cccc2C(=O)O)cc1. The van der Waals surface area contributed by atoms with Crippen molar-refractivity contribution in [1.82, 2.24) is 0 Å². The van der Waals surface area contributed by atoms with Crippen LogP contribution in [0.2, 0.25) is 0 Å². The zero-order chi connectivity index (χ0) is 15.6. The molecule has 0 radical (unpaired) electrons. The van der Waals surface area contributed by atoms with Crippen LogP contribution in [0, 0.1) is 5.82 Å². The van der Waals surface area contributed by atoms with E-state index in [9.17, 15) is 17.6 Å². The van der Waals surface area contributed by atoms with Gasteiger partial charge in [-0.2, -0.15) is 0 Å². The van der Waals surface area contributed by atoms with Crippen LogP contribution in [-0.2, 0) is 9.84 Å². The minimum Gasteiger partial charge on any atom is -0.478 e. The highest BCUT2D eigenvalue weighted by atomic mass is 32.2. The van der Waals surface area contributed by atoms with Gasteiger partial charge >= 0.3 is 5.97 Å². The highest BCUT2D eigenvalue weighted by Crippen LogP contribution is 2.25. The Morgan fingerprint density at radius 3 is 2.29 bits per heavy atom. The van der Waals surface area contributed by atoms with Crippen molar-refractivity contribution in [3.05, 3.63) is 53.8 Å². The summed E-state index contributed by atoms with van der Waals surface area (Å²) in [6, 6.07) is 9.32. The number of sulfone groups is 1. The smallest absolute Gasteiger partial charge is 0.337 e. The second-order valence-electron chi connectivity index (χ2n) is 4.39. The lowest BCUT2D eigenvalue weighted by molar-refractivity contribution is 0.0697. The summed E-state index contributed by atoms with van der Waals surface area (Å²) in [5.41, 5.74) is 0.00861. The van der Waals surface area contributed by atoms with Crippen LogP contribution in [0.3, 0.4) is 0 Å². The summed E-state index contributed by atoms with van der Waals surface area (Å²) in [7, 11) is -3.32. The number of para-hydroxylation sites is 1. The van der Waals surface area contributed by atoms with Gasteiger partial charge in [0, 0.05) is 11.9 Å². The topological polar surface area (TPSA) is 83.5 Å². The molecule has 0 aliphatic heterocycles. The summed E-state index contributed by atoms with van der Waals surface area (Å²) in [5.74, 6) is -1.97. The Labute approximate surface area is 121 Å². The number of anilines is 2. The fraction of sp³-hybridized carbons (Fsp3) is 0.0714. The molecule has 110 valence electrons. The summed E-state index contributed by atoms with van der Waals surface area (Å²) in [5, 5.41) is 11.7. The van der Waals surface area contributed by atoms with Gasteiger partial charge in [-0.25, -0.2) is 17.6 Å². The lowest BCUT2D eigenvalue weighted by atomic mass is 10.1. The number of hydrogen-bond donors (Lipinski definition) is 2. The van der Waals surface area contributed by atoms with Crippen LogP contribution in [0.4, 0.5) is 15.8 Å². The van der Waals surface area contributed by atoms with Crippen molar-refractivity contribution >= 4 is 27.2 Å². The monoisotopic (exact) mass is 309 g/mol. The first kappa shape index (κ1) is 15.0. The average Bonchev–Trinajstić information content (AvgIpc) is 2.40. The van der Waals surface area contributed by atoms with Crippen LogP contribution in [0.5, 0.6) is 0 Å². The van der Waals surface area contributed by atoms with E-state index in [4.69, 9.17) is 5.11 Å². The molecule has 21 heavy (non-hydrogen) atoms. The van der Waals surface area contributed by atoms with Gasteiger partial charge in [0.05, 0.1) is 16.1 Å². The number of hydrogen-bond acceptors (Lipinski definition) is 4. The van der Waals surface area contributed by atoms with Gasteiger partial charge in [0.15, 0.2) is 9.84 Å². The Morgan fingerprint density at radius 1 is 1.14 bits per heavy atom. The standard InChI is InChI=1S/C14H12FNO4S/c1-21(19,20)10-7-5-9(6-8-10)16-13-11(14(17)18)3-2-4-12(13)15/h2-8,16H,1H3,(H,17,18). The molecule has 0 fully saturated rings. The first-order valence-corrected chi connectivity index (χ1v) is 7.77. The number of carboxylic acids is 1. The van der Waals surface area contributed by atoms with E-state index in [0.29, 0.717) is 5.69 Å². The number of aromatic carboxylic acids is 1. The van der Waals surface area contributed by atoms with E-state index in [0.717, 1.165) is 12.3 Å². The van der Waals surface area contributed by atoms with E-state index in [1.165, 1.54) is 36.4 Å². The Morgan fingerprint density at radius 2 is 1.76 bits per heavy atom. The van der Waals surface area contributed by atoms with Crippen molar-refractivity contribution in [2.45, 2.75) is 4.90 Å². The molecule has 0 atom stereocenters. The fourth-order valence-corrected chi connectivity index (χ4v) is 2.39. The zero-order valence-corrected chi connectivity index (χ0v) is 11.8. The number of nitrogens with one attached hydrogen (secondary N) is 1. The minimum absolute atomic E-state index is 0.125. The summed E-state index contributed by atoms with van der Waals surface area (Å²) in [6.45, 7) is 0. The van der Waals surface area contributed by atoms with Crippen LogP contribution in [0.15, 0.2) is 47.4 Å². The number of halogens is 1. The molecular weight excluding hydrogens is 297 g/mol. The number of benzene rings is 2. The number of carboxylic acid groups (broad SMARTS) is 1. The lowest BCUT2D eigenvalue weighted by Crippen LogP contribution is -2.05. The normalized spacial score (nSPS) is 11.1. The van der Waals surface area contributed by atoms with Gasteiger partial charge in [-0.05, 0) is 36.4 Å². The highest BCUT2D eigenvalue weighted by Gasteiger charge is 2.14. The quantitative estimate of drug-likeness (QED) is 0.907. The predicted octanol–water partition coefficient (Wildman–Crippen LogP) is 2.67. The summed E-state index contributed by atoms with van der Waals surface area (Å²) in [4.78, 5) is 11.2. The maximum Gasteiger partial charge on any atom is 0.337 e. The van der Waals surface area contributed by atoms with Gasteiger partial charge in [0.2, 0.25) is 0 Å². The van der Waals surface area contributed by atoms with Gasteiger partial charge in [-0.1, -0.05) is 6.07 Å². The molecule has 2 aromatic carbocycles. The molecule has 5 nitrogen and oxygen atoms in total. The van der Waals surface area contributed by atoms with Crippen LogP contribution >= 0.6 is 0 Å². The van der Waals surface area contributed by atoms with E-state index in [-0.39, 0.29) is 16.1 Å². The number of carbonyl (C=O) groups is 1. The second kappa shape index (κ2) is 5.53. The molecule has 7 heteroatoms. The molecule has 0 heterocycles. The van der Waals surface area contributed by atoms with E-state index in [1.807, 2.05) is 0 Å². The van der Waals surface area contributed by atoms with Gasteiger partial charge in [-0.3, -0.25) is 0 Å². The van der Waals surface area contributed by atoms with Gasteiger partial charge < -0.3 is 10.4 Å². The zero-order valence-electron chi connectivity index (χ0n) is 11.0. The van der Waals surface area contributed by atoms with E-state index >= 15 is 0 Å². The first-order valence-electron chi connectivity index (χ1n) is 5.88. The van der Waals surface area contributed by atoms with Crippen LogP contribution in [0.25, 0.3) is 0 Å². The van der Waals surface area contributed by atoms with E-state index < -0.39 is 21.6 Å². The molecule has 0 aromatic heterocycles. The Bertz CT molecular complexity index is 785. The summed E-state index contributed by atoms with van der Waals surface area (Å²) in [6.07, 6.45) is 1.08.